The van der Waals surface area contributed by atoms with Crippen molar-refractivity contribution in [1.29, 1.82) is 0 Å². The van der Waals surface area contributed by atoms with Crippen molar-refractivity contribution in [2.75, 3.05) is 13.7 Å². The van der Waals surface area contributed by atoms with E-state index in [-0.39, 0.29) is 22.2 Å². The Hall–Kier alpha value is -1.79. The molecule has 0 spiro atoms. The van der Waals surface area contributed by atoms with E-state index >= 15 is 0 Å². The summed E-state index contributed by atoms with van der Waals surface area (Å²) in [6.45, 7) is 1.57. The summed E-state index contributed by atoms with van der Waals surface area (Å²) in [5.74, 6) is -0.656. The molecule has 0 bridgehead atoms. The second kappa shape index (κ2) is 7.12. The molecule has 0 heterocycles. The summed E-state index contributed by atoms with van der Waals surface area (Å²) in [4.78, 5) is 21.5. The topological polar surface area (TPSA) is 78.7 Å². The van der Waals surface area contributed by atoms with Gasteiger partial charge in [-0.05, 0) is 19.1 Å². The van der Waals surface area contributed by atoms with E-state index < -0.39 is 16.6 Å². The third-order valence-corrected chi connectivity index (χ3v) is 2.88. The van der Waals surface area contributed by atoms with Crippen molar-refractivity contribution in [1.82, 2.24) is 0 Å². The standard InChI is InChI=1S/C12H11Cl2NO5/c1-3-20-12(16)11(15(17)18)6-8-9(13)4-7(19-2)5-10(8)14/h4-6H,3H2,1-2H3/b11-6+. The Morgan fingerprint density at radius 3 is 2.35 bits per heavy atom. The lowest BCUT2D eigenvalue weighted by atomic mass is 10.2. The minimum absolute atomic E-state index is 0.0219. The monoisotopic (exact) mass is 319 g/mol. The van der Waals surface area contributed by atoms with E-state index in [0.29, 0.717) is 5.75 Å². The molecule has 1 rings (SSSR count). The fourth-order valence-corrected chi connectivity index (χ4v) is 1.92. The van der Waals surface area contributed by atoms with Gasteiger partial charge < -0.3 is 9.47 Å². The van der Waals surface area contributed by atoms with Crippen molar-refractivity contribution in [3.63, 3.8) is 0 Å². The van der Waals surface area contributed by atoms with Crippen LogP contribution in [0.3, 0.4) is 0 Å². The molecule has 20 heavy (non-hydrogen) atoms. The second-order valence-electron chi connectivity index (χ2n) is 3.51. The number of benzene rings is 1. The number of esters is 1. The molecule has 0 aliphatic heterocycles. The van der Waals surface area contributed by atoms with Crippen LogP contribution in [0.4, 0.5) is 0 Å². The molecule has 0 aliphatic carbocycles. The van der Waals surface area contributed by atoms with Gasteiger partial charge in [-0.3, -0.25) is 10.1 Å². The number of carbonyl (C=O) groups is 1. The quantitative estimate of drug-likeness (QED) is 0.360. The molecule has 108 valence electrons. The lowest BCUT2D eigenvalue weighted by molar-refractivity contribution is -0.419. The van der Waals surface area contributed by atoms with Crippen LogP contribution in [0, 0.1) is 10.1 Å². The Labute approximate surface area is 125 Å². The normalized spacial score (nSPS) is 11.1. The lowest BCUT2D eigenvalue weighted by Crippen LogP contribution is -2.14. The van der Waals surface area contributed by atoms with Crippen molar-refractivity contribution in [3.8, 4) is 5.75 Å². The largest absolute Gasteiger partial charge is 0.497 e. The average Bonchev–Trinajstić information content (AvgIpc) is 2.37. The number of halogens is 2. The minimum atomic E-state index is -1.06. The van der Waals surface area contributed by atoms with E-state index in [1.54, 1.807) is 6.92 Å². The number of methoxy groups -OCH3 is 1. The van der Waals surface area contributed by atoms with Gasteiger partial charge in [-0.15, -0.1) is 0 Å². The van der Waals surface area contributed by atoms with E-state index in [4.69, 9.17) is 27.9 Å². The van der Waals surface area contributed by atoms with E-state index in [9.17, 15) is 14.9 Å². The first kappa shape index (κ1) is 16.3. The fraction of sp³-hybridized carbons (Fsp3) is 0.250. The highest BCUT2D eigenvalue weighted by Crippen LogP contribution is 2.32. The molecule has 0 aromatic heterocycles. The highest BCUT2D eigenvalue weighted by Gasteiger charge is 2.24. The first-order valence-electron chi connectivity index (χ1n) is 5.47. The molecule has 0 aliphatic rings. The number of hydrogen-bond donors (Lipinski definition) is 0. The Balaban J connectivity index is 3.31. The summed E-state index contributed by atoms with van der Waals surface area (Å²) in [5.41, 5.74) is -0.602. The summed E-state index contributed by atoms with van der Waals surface area (Å²) in [7, 11) is 1.43. The Morgan fingerprint density at radius 2 is 1.95 bits per heavy atom. The number of ether oxygens (including phenoxy) is 2. The number of nitro groups is 1. The zero-order valence-electron chi connectivity index (χ0n) is 10.7. The van der Waals surface area contributed by atoms with Crippen LogP contribution in [0.15, 0.2) is 17.8 Å². The molecule has 0 amide bonds. The van der Waals surface area contributed by atoms with Gasteiger partial charge in [0.15, 0.2) is 0 Å². The minimum Gasteiger partial charge on any atom is -0.497 e. The van der Waals surface area contributed by atoms with E-state index in [1.807, 2.05) is 0 Å². The van der Waals surface area contributed by atoms with Crippen LogP contribution in [0.25, 0.3) is 6.08 Å². The highest BCUT2D eigenvalue weighted by molar-refractivity contribution is 6.37. The number of hydrogen-bond acceptors (Lipinski definition) is 5. The number of rotatable bonds is 5. The summed E-state index contributed by atoms with van der Waals surface area (Å²) in [6.07, 6.45) is 0.974. The van der Waals surface area contributed by atoms with Crippen LogP contribution >= 0.6 is 23.2 Å². The maximum absolute atomic E-state index is 11.5. The second-order valence-corrected chi connectivity index (χ2v) is 4.33. The van der Waals surface area contributed by atoms with Gasteiger partial charge in [0.1, 0.15) is 5.75 Å². The predicted octanol–water partition coefficient (Wildman–Crippen LogP) is 3.18. The van der Waals surface area contributed by atoms with Gasteiger partial charge in [0, 0.05) is 11.6 Å². The Kier molecular flexibility index (Phi) is 5.79. The fourth-order valence-electron chi connectivity index (χ4n) is 1.34. The molecular formula is C12H11Cl2NO5. The first-order valence-corrected chi connectivity index (χ1v) is 6.22. The van der Waals surface area contributed by atoms with Gasteiger partial charge in [0.25, 0.3) is 0 Å². The predicted molar refractivity (Wildman–Crippen MR) is 74.6 cm³/mol. The first-order chi connectivity index (χ1) is 9.40. The van der Waals surface area contributed by atoms with Crippen molar-refractivity contribution in [3.05, 3.63) is 43.6 Å². The van der Waals surface area contributed by atoms with Crippen LogP contribution in [0.1, 0.15) is 12.5 Å². The smallest absolute Gasteiger partial charge is 0.409 e. The maximum atomic E-state index is 11.5. The maximum Gasteiger partial charge on any atom is 0.409 e. The van der Waals surface area contributed by atoms with Gasteiger partial charge in [-0.2, -0.15) is 0 Å². The van der Waals surface area contributed by atoms with Gasteiger partial charge in [-0.1, -0.05) is 23.2 Å². The SMILES string of the molecule is CCOC(=O)/C(=C\c1c(Cl)cc(OC)cc1Cl)[N+](=O)[O-]. The summed E-state index contributed by atoms with van der Waals surface area (Å²) in [5, 5.41) is 11.1. The van der Waals surface area contributed by atoms with Crippen molar-refractivity contribution >= 4 is 35.2 Å². The summed E-state index contributed by atoms with van der Waals surface area (Å²) in [6, 6.07) is 2.87. The number of carbonyl (C=O) groups excluding carboxylic acids is 1. The molecule has 0 fully saturated rings. The highest BCUT2D eigenvalue weighted by atomic mass is 35.5. The van der Waals surface area contributed by atoms with Crippen LogP contribution in [-0.2, 0) is 9.53 Å². The van der Waals surface area contributed by atoms with Gasteiger partial charge in [0.05, 0.1) is 28.7 Å². The summed E-state index contributed by atoms with van der Waals surface area (Å²) >= 11 is 11.9. The molecule has 0 saturated heterocycles. The molecule has 0 saturated carbocycles. The van der Waals surface area contributed by atoms with E-state index in [0.717, 1.165) is 6.08 Å². The van der Waals surface area contributed by atoms with Crippen LogP contribution in [-0.4, -0.2) is 24.6 Å². The van der Waals surface area contributed by atoms with Gasteiger partial charge >= 0.3 is 11.7 Å². The third-order valence-electron chi connectivity index (χ3n) is 2.25. The molecule has 0 radical (unpaired) electrons. The van der Waals surface area contributed by atoms with Crippen molar-refractivity contribution < 1.29 is 19.2 Å². The average molecular weight is 320 g/mol. The Morgan fingerprint density at radius 1 is 1.40 bits per heavy atom. The zero-order valence-corrected chi connectivity index (χ0v) is 12.2. The van der Waals surface area contributed by atoms with Crippen LogP contribution in [0.2, 0.25) is 10.0 Å². The molecule has 0 atom stereocenters. The molecule has 8 heteroatoms. The van der Waals surface area contributed by atoms with E-state index in [2.05, 4.69) is 4.74 Å². The summed E-state index contributed by atoms with van der Waals surface area (Å²) < 4.78 is 9.56. The Bertz CT molecular complexity index is 548. The third kappa shape index (κ3) is 3.85. The van der Waals surface area contributed by atoms with Gasteiger partial charge in [0.2, 0.25) is 0 Å². The van der Waals surface area contributed by atoms with Crippen molar-refractivity contribution in [2.24, 2.45) is 0 Å². The van der Waals surface area contributed by atoms with Crippen LogP contribution in [0.5, 0.6) is 5.75 Å². The van der Waals surface area contributed by atoms with E-state index in [1.165, 1.54) is 19.2 Å². The molecule has 1 aromatic carbocycles. The van der Waals surface area contributed by atoms with Crippen LogP contribution < -0.4 is 4.74 Å². The molecular weight excluding hydrogens is 309 g/mol. The molecule has 0 N–H and O–H groups in total. The number of nitrogens with zero attached hydrogens (tertiary/aromatic N) is 1. The zero-order chi connectivity index (χ0) is 15.3. The van der Waals surface area contributed by atoms with Gasteiger partial charge in [-0.25, -0.2) is 4.79 Å². The molecule has 0 unspecified atom stereocenters. The lowest BCUT2D eigenvalue weighted by Gasteiger charge is -2.06. The molecule has 1 aromatic rings. The van der Waals surface area contributed by atoms with Crippen molar-refractivity contribution in [2.45, 2.75) is 6.92 Å². The molecule has 6 nitrogen and oxygen atoms in total.